The van der Waals surface area contributed by atoms with Crippen LogP contribution in [0.5, 0.6) is 0 Å². The van der Waals surface area contributed by atoms with Gasteiger partial charge in [-0.25, -0.2) is 0 Å². The summed E-state index contributed by atoms with van der Waals surface area (Å²) in [6.07, 6.45) is 9.49. The highest BCUT2D eigenvalue weighted by atomic mass is 16.3. The molecular formula is C36H31N3O2. The predicted molar refractivity (Wildman–Crippen MR) is 167 cm³/mol. The first-order chi connectivity index (χ1) is 20.1. The van der Waals surface area contributed by atoms with Crippen molar-refractivity contribution in [3.63, 3.8) is 0 Å². The van der Waals surface area contributed by atoms with Crippen molar-refractivity contribution in [1.82, 2.24) is 9.55 Å². The number of pyridine rings is 1. The van der Waals surface area contributed by atoms with Gasteiger partial charge in [0.25, 0.3) is 0 Å². The van der Waals surface area contributed by atoms with Crippen LogP contribution in [0.25, 0.3) is 55.6 Å². The second kappa shape index (κ2) is 10.3. The van der Waals surface area contributed by atoms with Gasteiger partial charge >= 0.3 is 0 Å². The number of fused-ring (bicyclic) bond motifs is 4. The Morgan fingerprint density at radius 3 is 2.51 bits per heavy atom. The molecule has 5 nitrogen and oxygen atoms in total. The molecular weight excluding hydrogens is 506 g/mol. The van der Waals surface area contributed by atoms with Crippen LogP contribution in [0.15, 0.2) is 103 Å². The Morgan fingerprint density at radius 2 is 1.66 bits per heavy atom. The van der Waals surface area contributed by atoms with E-state index in [0.29, 0.717) is 11.5 Å². The molecule has 3 N–H and O–H groups in total. The van der Waals surface area contributed by atoms with E-state index in [0.717, 1.165) is 80.8 Å². The molecule has 41 heavy (non-hydrogen) atoms. The summed E-state index contributed by atoms with van der Waals surface area (Å²) in [6, 6.07) is 31.1. The zero-order valence-electron chi connectivity index (χ0n) is 22.7. The average molecular weight is 538 g/mol. The summed E-state index contributed by atoms with van der Waals surface area (Å²) < 4.78 is 2.27. The summed E-state index contributed by atoms with van der Waals surface area (Å²) in [5.41, 5.74) is 13.4. The van der Waals surface area contributed by atoms with Crippen LogP contribution in [0.4, 0.5) is 0 Å². The van der Waals surface area contributed by atoms with Crippen molar-refractivity contribution in [1.29, 1.82) is 0 Å². The number of carbonyl (C=O) groups is 1. The maximum atomic E-state index is 12.4. The van der Waals surface area contributed by atoms with Gasteiger partial charge in [0.15, 0.2) is 0 Å². The Hall–Kier alpha value is -4.74. The highest BCUT2D eigenvalue weighted by Gasteiger charge is 2.19. The molecule has 0 aliphatic heterocycles. The lowest BCUT2D eigenvalue weighted by Gasteiger charge is -2.22. The molecule has 0 atom stereocenters. The van der Waals surface area contributed by atoms with Gasteiger partial charge in [0.1, 0.15) is 0 Å². The molecule has 1 saturated carbocycles. The average Bonchev–Trinajstić information content (AvgIpc) is 3.35. The van der Waals surface area contributed by atoms with E-state index in [1.54, 1.807) is 0 Å². The largest absolute Gasteiger partial charge is 0.393 e. The summed E-state index contributed by atoms with van der Waals surface area (Å²) in [5, 5.41) is 13.3. The van der Waals surface area contributed by atoms with Crippen molar-refractivity contribution < 1.29 is 9.90 Å². The van der Waals surface area contributed by atoms with Crippen LogP contribution in [0.2, 0.25) is 0 Å². The first-order valence-electron chi connectivity index (χ1n) is 14.2. The Balaban J connectivity index is 1.40. The van der Waals surface area contributed by atoms with Gasteiger partial charge in [0.05, 0.1) is 22.7 Å². The maximum Gasteiger partial charge on any atom is 0.249 e. The van der Waals surface area contributed by atoms with E-state index < -0.39 is 5.91 Å². The molecule has 4 aromatic carbocycles. The molecule has 202 valence electrons. The monoisotopic (exact) mass is 537 g/mol. The number of hydrogen-bond donors (Lipinski definition) is 2. The molecule has 2 aromatic heterocycles. The van der Waals surface area contributed by atoms with Crippen molar-refractivity contribution in [2.75, 3.05) is 0 Å². The van der Waals surface area contributed by atoms with Gasteiger partial charge in [-0.1, -0.05) is 60.7 Å². The van der Waals surface area contributed by atoms with Gasteiger partial charge in [0.2, 0.25) is 5.91 Å². The molecule has 7 rings (SSSR count). The molecule has 0 radical (unpaired) electrons. The van der Waals surface area contributed by atoms with Crippen LogP contribution in [-0.2, 0) is 0 Å². The van der Waals surface area contributed by atoms with E-state index in [1.807, 2.05) is 42.6 Å². The van der Waals surface area contributed by atoms with E-state index in [4.69, 9.17) is 10.7 Å². The topological polar surface area (TPSA) is 81.1 Å². The van der Waals surface area contributed by atoms with Crippen LogP contribution in [0, 0.1) is 5.92 Å². The van der Waals surface area contributed by atoms with E-state index in [2.05, 4.69) is 71.3 Å². The number of hydrogen-bond acceptors (Lipinski definition) is 3. The number of nitrogens with two attached hydrogens (primary N) is 1. The highest BCUT2D eigenvalue weighted by Crippen LogP contribution is 2.39. The zero-order valence-corrected chi connectivity index (χ0v) is 22.7. The lowest BCUT2D eigenvalue weighted by atomic mass is 9.87. The lowest BCUT2D eigenvalue weighted by Crippen LogP contribution is -2.16. The number of nitrogens with zero attached hydrogens (tertiary/aromatic N) is 2. The summed E-state index contributed by atoms with van der Waals surface area (Å²) >= 11 is 0. The first kappa shape index (κ1) is 25.2. The molecule has 0 spiro atoms. The number of benzene rings is 4. The van der Waals surface area contributed by atoms with Crippen LogP contribution in [-0.4, -0.2) is 26.7 Å². The number of primary amides is 1. The van der Waals surface area contributed by atoms with Crippen molar-refractivity contribution in [2.24, 2.45) is 11.7 Å². The Morgan fingerprint density at radius 1 is 0.878 bits per heavy atom. The van der Waals surface area contributed by atoms with Crippen molar-refractivity contribution in [3.8, 4) is 16.8 Å². The number of amides is 1. The van der Waals surface area contributed by atoms with Gasteiger partial charge < -0.3 is 15.4 Å². The van der Waals surface area contributed by atoms with E-state index in [-0.39, 0.29) is 6.10 Å². The van der Waals surface area contributed by atoms with Crippen LogP contribution in [0.3, 0.4) is 0 Å². The van der Waals surface area contributed by atoms with Gasteiger partial charge in [0, 0.05) is 39.2 Å². The molecule has 1 aliphatic rings. The molecule has 6 aromatic rings. The molecule has 1 fully saturated rings. The van der Waals surface area contributed by atoms with E-state index in [1.165, 1.54) is 0 Å². The third-order valence-corrected chi connectivity index (χ3v) is 8.45. The maximum absolute atomic E-state index is 12.4. The summed E-state index contributed by atoms with van der Waals surface area (Å²) in [6.45, 7) is 0. The molecule has 2 heterocycles. The van der Waals surface area contributed by atoms with Crippen LogP contribution in [0.1, 0.15) is 41.6 Å². The Labute approximate surface area is 238 Å². The standard InChI is InChI=1S/C36H31N3O2/c37-36(41)30-19-16-27(21-24(30)15-12-23-13-17-28(40)18-14-23)39-33-10-4-2-7-31(33)35-29(8-5-11-34(35)39)26-20-25-6-1-3-9-32(25)38-22-26/h1-12,15-16,19-23,28,40H,13-14,17-18H2,(H2,37,41)/b15-12-/t23-,28-. The fourth-order valence-electron chi connectivity index (χ4n) is 6.34. The van der Waals surface area contributed by atoms with Gasteiger partial charge in [-0.2, -0.15) is 0 Å². The second-order valence-corrected chi connectivity index (χ2v) is 11.0. The summed E-state index contributed by atoms with van der Waals surface area (Å²) in [5.74, 6) is -0.0577. The Kier molecular flexibility index (Phi) is 6.37. The number of aromatic nitrogens is 2. The predicted octanol–water partition coefficient (Wildman–Crippen LogP) is 7.66. The number of aliphatic hydroxyl groups excluding tert-OH is 1. The van der Waals surface area contributed by atoms with Crippen molar-refractivity contribution in [3.05, 3.63) is 114 Å². The SMILES string of the molecule is NC(=O)c1ccc(-n2c3ccccc3c3c(-c4cnc5ccccc5c4)cccc32)cc1/C=C\[C@H]1CC[C@H](O)CC1. The smallest absolute Gasteiger partial charge is 0.249 e. The molecule has 1 aliphatic carbocycles. The lowest BCUT2D eigenvalue weighted by molar-refractivity contribution is 0.1000. The van der Waals surface area contributed by atoms with E-state index >= 15 is 0 Å². The number of allylic oxidation sites excluding steroid dienone is 1. The van der Waals surface area contributed by atoms with Gasteiger partial charge in [-0.05, 0) is 85.2 Å². The number of rotatable bonds is 5. The minimum atomic E-state index is -0.441. The van der Waals surface area contributed by atoms with E-state index in [9.17, 15) is 9.90 Å². The third kappa shape index (κ3) is 4.58. The fourth-order valence-corrected chi connectivity index (χ4v) is 6.34. The van der Waals surface area contributed by atoms with Gasteiger partial charge in [-0.15, -0.1) is 0 Å². The quantitative estimate of drug-likeness (QED) is 0.237. The molecule has 0 saturated heterocycles. The highest BCUT2D eigenvalue weighted by molar-refractivity contribution is 6.16. The first-order valence-corrected chi connectivity index (χ1v) is 14.2. The Bertz CT molecular complexity index is 1960. The van der Waals surface area contributed by atoms with Crippen molar-refractivity contribution >= 4 is 44.7 Å². The minimum Gasteiger partial charge on any atom is -0.393 e. The fraction of sp³-hybridized carbons (Fsp3) is 0.167. The summed E-state index contributed by atoms with van der Waals surface area (Å²) in [4.78, 5) is 17.1. The number of aliphatic hydroxyl groups is 1. The molecule has 1 amide bonds. The van der Waals surface area contributed by atoms with Crippen LogP contribution >= 0.6 is 0 Å². The molecule has 0 bridgehead atoms. The molecule has 5 heteroatoms. The number of carbonyl (C=O) groups excluding carboxylic acids is 1. The normalized spacial score (nSPS) is 17.6. The summed E-state index contributed by atoms with van der Waals surface area (Å²) in [7, 11) is 0. The zero-order chi connectivity index (χ0) is 27.9. The van der Waals surface area contributed by atoms with Gasteiger partial charge in [-0.3, -0.25) is 9.78 Å². The second-order valence-electron chi connectivity index (χ2n) is 11.0. The third-order valence-electron chi connectivity index (χ3n) is 8.45. The van der Waals surface area contributed by atoms with Crippen LogP contribution < -0.4 is 5.73 Å². The van der Waals surface area contributed by atoms with Crippen molar-refractivity contribution in [2.45, 2.75) is 31.8 Å². The minimum absolute atomic E-state index is 0.199. The number of para-hydroxylation sites is 2. The molecule has 0 unspecified atom stereocenters.